The summed E-state index contributed by atoms with van der Waals surface area (Å²) in [5.41, 5.74) is 5.05. The third-order valence-corrected chi connectivity index (χ3v) is 2.03. The Morgan fingerprint density at radius 2 is 2.00 bits per heavy atom. The lowest BCUT2D eigenvalue weighted by Gasteiger charge is -2.32. The number of hydrogen-bond acceptors (Lipinski definition) is 4. The average Bonchev–Trinajstić information content (AvgIpc) is 2.04. The van der Waals surface area contributed by atoms with E-state index >= 15 is 0 Å². The Morgan fingerprint density at radius 1 is 1.46 bits per heavy atom. The molecule has 0 saturated heterocycles. The Kier molecular flexibility index (Phi) is 5.48. The molecule has 0 amide bonds. The lowest BCUT2D eigenvalue weighted by Crippen LogP contribution is -2.46. The average molecular weight is 191 g/mol. The summed E-state index contributed by atoms with van der Waals surface area (Å²) >= 11 is 0. The van der Waals surface area contributed by atoms with Crippen molar-refractivity contribution in [1.29, 1.82) is 0 Å². The topological polar surface area (TPSA) is 64.7 Å². The van der Waals surface area contributed by atoms with Gasteiger partial charge < -0.3 is 20.3 Å². The van der Waals surface area contributed by atoms with Crippen LogP contribution in [0.4, 0.5) is 0 Å². The summed E-state index contributed by atoms with van der Waals surface area (Å²) < 4.78 is 10.6. The second kappa shape index (κ2) is 5.54. The van der Waals surface area contributed by atoms with Crippen molar-refractivity contribution in [2.45, 2.75) is 38.6 Å². The maximum absolute atomic E-state index is 9.24. The fraction of sp³-hybridized carbons (Fsp3) is 1.00. The SMILES string of the molecule is COCC(C)(CN)OC(C)C(C)O. The van der Waals surface area contributed by atoms with Crippen molar-refractivity contribution >= 4 is 0 Å². The zero-order valence-corrected chi connectivity index (χ0v) is 8.91. The van der Waals surface area contributed by atoms with Crippen molar-refractivity contribution in [3.63, 3.8) is 0 Å². The molecule has 4 heteroatoms. The van der Waals surface area contributed by atoms with Gasteiger partial charge in [0.1, 0.15) is 5.60 Å². The van der Waals surface area contributed by atoms with Crippen molar-refractivity contribution in [2.75, 3.05) is 20.3 Å². The lowest BCUT2D eigenvalue weighted by atomic mass is 10.1. The molecule has 0 aliphatic rings. The zero-order chi connectivity index (χ0) is 10.5. The largest absolute Gasteiger partial charge is 0.391 e. The van der Waals surface area contributed by atoms with Crippen LogP contribution in [0.2, 0.25) is 0 Å². The standard InChI is InChI=1S/C9H21NO3/c1-7(11)8(2)13-9(3,5-10)6-12-4/h7-8,11H,5-6,10H2,1-4H3. The van der Waals surface area contributed by atoms with Crippen LogP contribution < -0.4 is 5.73 Å². The molecule has 0 rings (SSSR count). The van der Waals surface area contributed by atoms with Gasteiger partial charge in [-0.3, -0.25) is 0 Å². The van der Waals surface area contributed by atoms with E-state index in [9.17, 15) is 5.11 Å². The van der Waals surface area contributed by atoms with E-state index in [0.29, 0.717) is 13.2 Å². The molecule has 0 spiro atoms. The number of methoxy groups -OCH3 is 1. The van der Waals surface area contributed by atoms with E-state index in [1.54, 1.807) is 14.0 Å². The first kappa shape index (κ1) is 12.8. The second-order valence-corrected chi connectivity index (χ2v) is 3.65. The van der Waals surface area contributed by atoms with Gasteiger partial charge in [0.05, 0.1) is 18.8 Å². The first-order chi connectivity index (χ1) is 5.95. The van der Waals surface area contributed by atoms with E-state index in [4.69, 9.17) is 15.2 Å². The van der Waals surface area contributed by atoms with Crippen LogP contribution in [0.3, 0.4) is 0 Å². The van der Waals surface area contributed by atoms with E-state index < -0.39 is 11.7 Å². The van der Waals surface area contributed by atoms with E-state index in [0.717, 1.165) is 0 Å². The normalized spacial score (nSPS) is 20.8. The van der Waals surface area contributed by atoms with Gasteiger partial charge in [0, 0.05) is 13.7 Å². The van der Waals surface area contributed by atoms with Crippen LogP contribution in [0.1, 0.15) is 20.8 Å². The molecule has 0 radical (unpaired) electrons. The van der Waals surface area contributed by atoms with Crippen molar-refractivity contribution in [2.24, 2.45) is 5.73 Å². The molecule has 0 bridgehead atoms. The quantitative estimate of drug-likeness (QED) is 0.626. The Bertz CT molecular complexity index is 141. The van der Waals surface area contributed by atoms with Gasteiger partial charge in [0.2, 0.25) is 0 Å². The Hall–Kier alpha value is -0.160. The van der Waals surface area contributed by atoms with E-state index in [1.165, 1.54) is 0 Å². The molecule has 3 atom stereocenters. The second-order valence-electron chi connectivity index (χ2n) is 3.65. The van der Waals surface area contributed by atoms with Gasteiger partial charge in [-0.05, 0) is 20.8 Å². The number of aliphatic hydroxyl groups is 1. The molecular weight excluding hydrogens is 170 g/mol. The first-order valence-electron chi connectivity index (χ1n) is 4.50. The predicted molar refractivity (Wildman–Crippen MR) is 51.6 cm³/mol. The van der Waals surface area contributed by atoms with E-state index in [2.05, 4.69) is 0 Å². The number of hydrogen-bond donors (Lipinski definition) is 2. The van der Waals surface area contributed by atoms with Gasteiger partial charge in [0.25, 0.3) is 0 Å². The number of rotatable bonds is 6. The number of ether oxygens (including phenoxy) is 2. The van der Waals surface area contributed by atoms with Crippen LogP contribution in [0.15, 0.2) is 0 Å². The summed E-state index contributed by atoms with van der Waals surface area (Å²) in [6.07, 6.45) is -0.730. The van der Waals surface area contributed by atoms with Gasteiger partial charge in [0.15, 0.2) is 0 Å². The van der Waals surface area contributed by atoms with Crippen LogP contribution in [-0.4, -0.2) is 43.2 Å². The predicted octanol–water partition coefficient (Wildman–Crippen LogP) is 0.136. The summed E-state index contributed by atoms with van der Waals surface area (Å²) in [6.45, 7) is 6.18. The monoisotopic (exact) mass is 191 g/mol. The lowest BCUT2D eigenvalue weighted by molar-refractivity contribution is -0.134. The van der Waals surface area contributed by atoms with Crippen LogP contribution in [0, 0.1) is 0 Å². The molecule has 0 aromatic rings. The summed E-state index contributed by atoms with van der Waals surface area (Å²) in [5, 5.41) is 9.24. The number of nitrogens with two attached hydrogens (primary N) is 1. The van der Waals surface area contributed by atoms with E-state index in [1.807, 2.05) is 13.8 Å². The summed E-state index contributed by atoms with van der Waals surface area (Å²) in [4.78, 5) is 0. The molecular formula is C9H21NO3. The van der Waals surface area contributed by atoms with Gasteiger partial charge in [-0.25, -0.2) is 0 Å². The molecule has 0 aliphatic heterocycles. The molecule has 3 unspecified atom stereocenters. The highest BCUT2D eigenvalue weighted by atomic mass is 16.6. The Morgan fingerprint density at radius 3 is 2.31 bits per heavy atom. The van der Waals surface area contributed by atoms with Crippen molar-refractivity contribution < 1.29 is 14.6 Å². The summed E-state index contributed by atoms with van der Waals surface area (Å²) in [7, 11) is 1.60. The molecule has 13 heavy (non-hydrogen) atoms. The fourth-order valence-electron chi connectivity index (χ4n) is 0.994. The third kappa shape index (κ3) is 4.57. The van der Waals surface area contributed by atoms with Gasteiger partial charge in [-0.2, -0.15) is 0 Å². The fourth-order valence-corrected chi connectivity index (χ4v) is 0.994. The Labute approximate surface area is 80.0 Å². The first-order valence-corrected chi connectivity index (χ1v) is 4.50. The summed E-state index contributed by atoms with van der Waals surface area (Å²) in [6, 6.07) is 0. The van der Waals surface area contributed by atoms with Gasteiger partial charge in [-0.1, -0.05) is 0 Å². The molecule has 0 saturated carbocycles. The molecule has 0 fully saturated rings. The highest BCUT2D eigenvalue weighted by Crippen LogP contribution is 2.13. The molecule has 3 N–H and O–H groups in total. The number of aliphatic hydroxyl groups excluding tert-OH is 1. The molecule has 4 nitrogen and oxygen atoms in total. The smallest absolute Gasteiger partial charge is 0.101 e. The minimum Gasteiger partial charge on any atom is -0.391 e. The third-order valence-electron chi connectivity index (χ3n) is 2.03. The summed E-state index contributed by atoms with van der Waals surface area (Å²) in [5.74, 6) is 0. The minimum absolute atomic E-state index is 0.233. The van der Waals surface area contributed by atoms with Crippen molar-refractivity contribution in [3.8, 4) is 0 Å². The highest BCUT2D eigenvalue weighted by molar-refractivity contribution is 4.78. The van der Waals surface area contributed by atoms with Crippen LogP contribution in [0.5, 0.6) is 0 Å². The zero-order valence-electron chi connectivity index (χ0n) is 8.91. The van der Waals surface area contributed by atoms with E-state index in [-0.39, 0.29) is 6.10 Å². The van der Waals surface area contributed by atoms with Crippen LogP contribution >= 0.6 is 0 Å². The maximum Gasteiger partial charge on any atom is 0.101 e. The van der Waals surface area contributed by atoms with Crippen LogP contribution in [-0.2, 0) is 9.47 Å². The minimum atomic E-state index is -0.509. The van der Waals surface area contributed by atoms with Crippen molar-refractivity contribution in [3.05, 3.63) is 0 Å². The molecule has 0 heterocycles. The van der Waals surface area contributed by atoms with Crippen LogP contribution in [0.25, 0.3) is 0 Å². The van der Waals surface area contributed by atoms with Gasteiger partial charge in [-0.15, -0.1) is 0 Å². The van der Waals surface area contributed by atoms with Crippen molar-refractivity contribution in [1.82, 2.24) is 0 Å². The molecule has 0 aromatic carbocycles. The molecule has 0 aromatic heterocycles. The molecule has 0 aliphatic carbocycles. The maximum atomic E-state index is 9.24. The molecule has 80 valence electrons. The Balaban J connectivity index is 4.09. The highest BCUT2D eigenvalue weighted by Gasteiger charge is 2.27. The van der Waals surface area contributed by atoms with Gasteiger partial charge >= 0.3 is 0 Å².